The summed E-state index contributed by atoms with van der Waals surface area (Å²) >= 11 is 3.17. The summed E-state index contributed by atoms with van der Waals surface area (Å²) in [5.74, 6) is 0. The van der Waals surface area contributed by atoms with E-state index in [9.17, 15) is 4.79 Å². The third-order valence-electron chi connectivity index (χ3n) is 0.716. The summed E-state index contributed by atoms with van der Waals surface area (Å²) in [6, 6.07) is 0. The van der Waals surface area contributed by atoms with Gasteiger partial charge in [0.1, 0.15) is 5.60 Å². The Morgan fingerprint density at radius 3 is 2.27 bits per heavy atom. The van der Waals surface area contributed by atoms with Crippen molar-refractivity contribution >= 4 is 22.0 Å². The second kappa shape index (κ2) is 3.95. The molecule has 11 heavy (non-hydrogen) atoms. The van der Waals surface area contributed by atoms with Crippen LogP contribution in [0, 0.1) is 0 Å². The summed E-state index contributed by atoms with van der Waals surface area (Å²) in [6.45, 7) is 7.28. The fourth-order valence-electron chi connectivity index (χ4n) is 0.470. The number of alkyl carbamates (subject to hydrolysis) is 1. The minimum atomic E-state index is -0.425. The van der Waals surface area contributed by atoms with Crippen LogP contribution < -0.4 is 5.32 Å². The molecule has 0 spiro atoms. The van der Waals surface area contributed by atoms with Crippen LogP contribution in [0.25, 0.3) is 0 Å². The second-order valence-corrected chi connectivity index (χ2v) is 4.64. The Bertz CT molecular complexity index is 140. The molecule has 0 saturated carbocycles. The molecule has 3 nitrogen and oxygen atoms in total. The Morgan fingerprint density at radius 2 is 2.00 bits per heavy atom. The van der Waals surface area contributed by atoms with Gasteiger partial charge in [-0.2, -0.15) is 0 Å². The molecule has 0 bridgehead atoms. The van der Waals surface area contributed by atoms with Crippen molar-refractivity contribution < 1.29 is 9.53 Å². The molecule has 0 aliphatic carbocycles. The molecule has 1 amide bonds. The summed E-state index contributed by atoms with van der Waals surface area (Å²) in [6.07, 6.45) is -0.401. The van der Waals surface area contributed by atoms with E-state index < -0.39 is 11.7 Å². The number of alkyl halides is 1. The second-order valence-electron chi connectivity index (χ2n) is 3.26. The molecule has 1 unspecified atom stereocenters. The Hall–Kier alpha value is -0.250. The van der Waals surface area contributed by atoms with Gasteiger partial charge in [-0.25, -0.2) is 4.79 Å². The SMILES string of the molecule is CC(Br)NC(=O)OC(C)(C)C. The van der Waals surface area contributed by atoms with Crippen molar-refractivity contribution in [1.82, 2.24) is 5.32 Å². The third-order valence-corrected chi connectivity index (χ3v) is 0.945. The molecule has 0 rings (SSSR count). The van der Waals surface area contributed by atoms with Gasteiger partial charge >= 0.3 is 6.09 Å². The quantitative estimate of drug-likeness (QED) is 0.548. The van der Waals surface area contributed by atoms with Crippen LogP contribution in [0.3, 0.4) is 0 Å². The number of carbonyl (C=O) groups is 1. The lowest BCUT2D eigenvalue weighted by molar-refractivity contribution is 0.0526. The van der Waals surface area contributed by atoms with Crippen LogP contribution in [0.5, 0.6) is 0 Å². The maximum absolute atomic E-state index is 10.9. The van der Waals surface area contributed by atoms with Crippen LogP contribution in [0.15, 0.2) is 0 Å². The Morgan fingerprint density at radius 1 is 1.55 bits per heavy atom. The van der Waals surface area contributed by atoms with E-state index in [4.69, 9.17) is 4.74 Å². The average Bonchev–Trinajstić information content (AvgIpc) is 1.53. The van der Waals surface area contributed by atoms with Crippen LogP contribution in [0.1, 0.15) is 27.7 Å². The van der Waals surface area contributed by atoms with Gasteiger partial charge in [-0.3, -0.25) is 0 Å². The lowest BCUT2D eigenvalue weighted by Crippen LogP contribution is -2.35. The number of hydrogen-bond acceptors (Lipinski definition) is 2. The van der Waals surface area contributed by atoms with Crippen LogP contribution in [-0.2, 0) is 4.74 Å². The van der Waals surface area contributed by atoms with Gasteiger partial charge < -0.3 is 10.1 Å². The van der Waals surface area contributed by atoms with E-state index in [2.05, 4.69) is 21.2 Å². The Labute approximate surface area is 75.6 Å². The average molecular weight is 224 g/mol. The molecule has 0 radical (unpaired) electrons. The minimum Gasteiger partial charge on any atom is -0.444 e. The summed E-state index contributed by atoms with van der Waals surface area (Å²) in [5.41, 5.74) is -0.425. The van der Waals surface area contributed by atoms with Crippen LogP contribution in [0.2, 0.25) is 0 Å². The van der Waals surface area contributed by atoms with Gasteiger partial charge in [0.15, 0.2) is 0 Å². The fourth-order valence-corrected chi connectivity index (χ4v) is 0.657. The van der Waals surface area contributed by atoms with Gasteiger partial charge in [0, 0.05) is 0 Å². The maximum atomic E-state index is 10.9. The summed E-state index contributed by atoms with van der Waals surface area (Å²) in [7, 11) is 0. The van der Waals surface area contributed by atoms with Crippen molar-refractivity contribution in [2.45, 2.75) is 38.2 Å². The van der Waals surface area contributed by atoms with E-state index in [1.165, 1.54) is 0 Å². The van der Waals surface area contributed by atoms with Crippen molar-refractivity contribution in [3.8, 4) is 0 Å². The van der Waals surface area contributed by atoms with Gasteiger partial charge in [0.2, 0.25) is 0 Å². The zero-order chi connectivity index (χ0) is 9.07. The molecule has 0 saturated heterocycles. The number of rotatable bonds is 1. The van der Waals surface area contributed by atoms with E-state index in [1.807, 2.05) is 27.7 Å². The van der Waals surface area contributed by atoms with E-state index >= 15 is 0 Å². The first-order valence-corrected chi connectivity index (χ1v) is 4.36. The zero-order valence-corrected chi connectivity index (χ0v) is 8.86. The standard InChI is InChI=1S/C7H14BrNO2/c1-5(8)9-6(10)11-7(2,3)4/h5H,1-4H3,(H,9,10). The van der Waals surface area contributed by atoms with Crippen molar-refractivity contribution in [1.29, 1.82) is 0 Å². The molecule has 0 fully saturated rings. The van der Waals surface area contributed by atoms with Gasteiger partial charge in [-0.05, 0) is 27.7 Å². The summed E-state index contributed by atoms with van der Waals surface area (Å²) in [4.78, 5) is 10.8. The molecule has 0 aromatic heterocycles. The van der Waals surface area contributed by atoms with Crippen LogP contribution >= 0.6 is 15.9 Å². The van der Waals surface area contributed by atoms with Crippen LogP contribution in [0.4, 0.5) is 4.79 Å². The first kappa shape index (κ1) is 10.8. The molecule has 0 aliphatic rings. The Balaban J connectivity index is 3.71. The minimum absolute atomic E-state index is 0.0580. The first-order valence-electron chi connectivity index (χ1n) is 3.45. The lowest BCUT2D eigenvalue weighted by atomic mass is 10.2. The van der Waals surface area contributed by atoms with Crippen molar-refractivity contribution in [2.75, 3.05) is 0 Å². The van der Waals surface area contributed by atoms with E-state index in [-0.39, 0.29) is 4.95 Å². The summed E-state index contributed by atoms with van der Waals surface area (Å²) < 4.78 is 4.97. The highest BCUT2D eigenvalue weighted by Crippen LogP contribution is 2.07. The molecule has 4 heteroatoms. The van der Waals surface area contributed by atoms with Crippen molar-refractivity contribution in [3.63, 3.8) is 0 Å². The van der Waals surface area contributed by atoms with Crippen LogP contribution in [-0.4, -0.2) is 16.6 Å². The Kier molecular flexibility index (Phi) is 3.86. The van der Waals surface area contributed by atoms with Gasteiger partial charge in [0.25, 0.3) is 0 Å². The number of amides is 1. The molecular formula is C7H14BrNO2. The first-order chi connectivity index (χ1) is 4.81. The highest BCUT2D eigenvalue weighted by molar-refractivity contribution is 9.09. The van der Waals surface area contributed by atoms with Crippen molar-refractivity contribution in [2.24, 2.45) is 0 Å². The largest absolute Gasteiger partial charge is 0.444 e. The zero-order valence-electron chi connectivity index (χ0n) is 7.27. The van der Waals surface area contributed by atoms with Gasteiger partial charge in [0.05, 0.1) is 4.95 Å². The number of nitrogens with one attached hydrogen (secondary N) is 1. The molecule has 0 heterocycles. The summed E-state index contributed by atoms with van der Waals surface area (Å²) in [5, 5.41) is 2.55. The molecule has 66 valence electrons. The molecule has 0 aromatic rings. The highest BCUT2D eigenvalue weighted by Gasteiger charge is 2.16. The van der Waals surface area contributed by atoms with Crippen molar-refractivity contribution in [3.05, 3.63) is 0 Å². The van der Waals surface area contributed by atoms with E-state index in [1.54, 1.807) is 0 Å². The molecular weight excluding hydrogens is 210 g/mol. The van der Waals surface area contributed by atoms with Gasteiger partial charge in [-0.1, -0.05) is 15.9 Å². The normalized spacial score (nSPS) is 13.9. The monoisotopic (exact) mass is 223 g/mol. The molecule has 0 aromatic carbocycles. The molecule has 1 N–H and O–H groups in total. The fraction of sp³-hybridized carbons (Fsp3) is 0.857. The van der Waals surface area contributed by atoms with Gasteiger partial charge in [-0.15, -0.1) is 0 Å². The number of ether oxygens (including phenoxy) is 1. The topological polar surface area (TPSA) is 38.3 Å². The third kappa shape index (κ3) is 7.65. The highest BCUT2D eigenvalue weighted by atomic mass is 79.9. The number of carbonyl (C=O) groups excluding carboxylic acids is 1. The maximum Gasteiger partial charge on any atom is 0.408 e. The predicted molar refractivity (Wildman–Crippen MR) is 47.8 cm³/mol. The molecule has 0 aliphatic heterocycles. The lowest BCUT2D eigenvalue weighted by Gasteiger charge is -2.20. The smallest absolute Gasteiger partial charge is 0.408 e. The van der Waals surface area contributed by atoms with E-state index in [0.717, 1.165) is 0 Å². The predicted octanol–water partition coefficient (Wildman–Crippen LogP) is 2.25. The number of hydrogen-bond donors (Lipinski definition) is 1. The molecule has 1 atom stereocenters. The number of halogens is 1. The van der Waals surface area contributed by atoms with E-state index in [0.29, 0.717) is 0 Å².